The molecule has 0 aliphatic rings. The second-order valence-corrected chi connectivity index (χ2v) is 20.1. The Morgan fingerprint density at radius 2 is 0.857 bits per heavy atom. The molecular weight excluding hydrogens is 368 g/mol. The molecule has 0 aromatic heterocycles. The zero-order valence-corrected chi connectivity index (χ0v) is 19.9. The molecule has 0 saturated carbocycles. The minimum Gasteiger partial charge on any atom is -0.0656 e. The van der Waals surface area contributed by atoms with E-state index in [1.807, 2.05) is 0 Å². The fraction of sp³-hybridized carbons (Fsp3) is 0.231. The molecule has 0 spiro atoms. The first-order valence-electron chi connectivity index (χ1n) is 10.2. The van der Waals surface area contributed by atoms with E-state index in [0.717, 1.165) is 0 Å². The molecule has 4 rings (SSSR count). The maximum absolute atomic E-state index is 2.43. The lowest BCUT2D eigenvalue weighted by Gasteiger charge is -2.20. The van der Waals surface area contributed by atoms with E-state index in [9.17, 15) is 0 Å². The summed E-state index contributed by atoms with van der Waals surface area (Å²) in [4.78, 5) is 0. The van der Waals surface area contributed by atoms with Gasteiger partial charge >= 0.3 is 0 Å². The Kier molecular flexibility index (Phi) is 4.60. The average molecular weight is 399 g/mol. The van der Waals surface area contributed by atoms with Crippen LogP contribution in [0.3, 0.4) is 0 Å². The van der Waals surface area contributed by atoms with E-state index in [4.69, 9.17) is 0 Å². The molecule has 0 saturated heterocycles. The lowest BCUT2D eigenvalue weighted by atomic mass is 9.98. The summed E-state index contributed by atoms with van der Waals surface area (Å²) >= 11 is 0. The van der Waals surface area contributed by atoms with E-state index in [-0.39, 0.29) is 0 Å². The molecule has 0 aliphatic heterocycles. The van der Waals surface area contributed by atoms with Crippen molar-refractivity contribution < 1.29 is 0 Å². The maximum atomic E-state index is 2.43. The molecule has 0 radical (unpaired) electrons. The Morgan fingerprint density at radius 3 is 1.21 bits per heavy atom. The molecule has 0 unspecified atom stereocenters. The molecule has 0 amide bonds. The van der Waals surface area contributed by atoms with E-state index in [1.165, 1.54) is 32.7 Å². The molecule has 4 aromatic carbocycles. The van der Waals surface area contributed by atoms with Crippen molar-refractivity contribution in [2.75, 3.05) is 0 Å². The first-order valence-corrected chi connectivity index (χ1v) is 17.2. The molecule has 0 aliphatic carbocycles. The first-order chi connectivity index (χ1) is 13.1. The summed E-state index contributed by atoms with van der Waals surface area (Å²) in [5.41, 5.74) is 2.61. The second-order valence-electron chi connectivity index (χ2n) is 9.98. The van der Waals surface area contributed by atoms with Crippen molar-refractivity contribution in [2.45, 2.75) is 39.3 Å². The van der Waals surface area contributed by atoms with Crippen LogP contribution in [0.5, 0.6) is 0 Å². The largest absolute Gasteiger partial charge is 0.0784 e. The molecule has 0 nitrogen and oxygen atoms in total. The molecule has 0 N–H and O–H groups in total. The number of hydrogen-bond acceptors (Lipinski definition) is 0. The molecule has 0 bridgehead atoms. The lowest BCUT2D eigenvalue weighted by molar-refractivity contribution is 1.66. The zero-order chi connectivity index (χ0) is 20.1. The minimum atomic E-state index is -1.35. The Hall–Kier alpha value is -2.17. The van der Waals surface area contributed by atoms with Gasteiger partial charge in [-0.25, -0.2) is 0 Å². The monoisotopic (exact) mass is 398 g/mol. The van der Waals surface area contributed by atoms with E-state index >= 15 is 0 Å². The first kappa shape index (κ1) is 19.2. The number of hydrogen-bond donors (Lipinski definition) is 0. The molecule has 0 heterocycles. The summed E-state index contributed by atoms with van der Waals surface area (Å²) in [5, 5.41) is 8.66. The summed E-state index contributed by atoms with van der Waals surface area (Å²) in [5.74, 6) is 0. The quantitative estimate of drug-likeness (QED) is 0.335. The van der Waals surface area contributed by atoms with Crippen molar-refractivity contribution in [1.82, 2.24) is 0 Å². The molecular formula is C26H30Si2. The highest BCUT2D eigenvalue weighted by Crippen LogP contribution is 2.28. The van der Waals surface area contributed by atoms with Crippen LogP contribution in [0, 0.1) is 0 Å². The van der Waals surface area contributed by atoms with E-state index < -0.39 is 16.1 Å². The summed E-state index contributed by atoms with van der Waals surface area (Å²) in [7, 11) is -2.70. The normalized spacial score (nSPS) is 12.6. The van der Waals surface area contributed by atoms with Crippen LogP contribution in [-0.4, -0.2) is 16.1 Å². The van der Waals surface area contributed by atoms with Crippen molar-refractivity contribution in [3.8, 4) is 11.1 Å². The van der Waals surface area contributed by atoms with Gasteiger partial charge in [-0.15, -0.1) is 0 Å². The van der Waals surface area contributed by atoms with Crippen molar-refractivity contribution in [1.29, 1.82) is 0 Å². The van der Waals surface area contributed by atoms with Gasteiger partial charge in [-0.2, -0.15) is 0 Å². The molecule has 0 atom stereocenters. The Balaban J connectivity index is 1.85. The zero-order valence-electron chi connectivity index (χ0n) is 17.9. The number of rotatable bonds is 3. The molecule has 0 fully saturated rings. The van der Waals surface area contributed by atoms with Crippen molar-refractivity contribution in [2.24, 2.45) is 0 Å². The number of fused-ring (bicyclic) bond motifs is 2. The van der Waals surface area contributed by atoms with Gasteiger partial charge in [-0.1, -0.05) is 110 Å². The van der Waals surface area contributed by atoms with E-state index in [0.29, 0.717) is 0 Å². The summed E-state index contributed by atoms with van der Waals surface area (Å²) in [6.07, 6.45) is 0. The van der Waals surface area contributed by atoms with Crippen LogP contribution in [0.15, 0.2) is 72.8 Å². The van der Waals surface area contributed by atoms with Crippen LogP contribution >= 0.6 is 0 Å². The Labute approximate surface area is 171 Å². The molecule has 4 aromatic rings. The van der Waals surface area contributed by atoms with Gasteiger partial charge in [0.1, 0.15) is 0 Å². The number of benzene rings is 4. The predicted octanol–water partition coefficient (Wildman–Crippen LogP) is 6.75. The molecule has 2 heteroatoms. The van der Waals surface area contributed by atoms with Crippen LogP contribution in [-0.2, 0) is 0 Å². The fourth-order valence-electron chi connectivity index (χ4n) is 4.23. The average Bonchev–Trinajstić information content (AvgIpc) is 2.64. The van der Waals surface area contributed by atoms with Crippen molar-refractivity contribution in [3.05, 3.63) is 72.8 Å². The van der Waals surface area contributed by atoms with Gasteiger partial charge in [-0.05, 0) is 44.8 Å². The van der Waals surface area contributed by atoms with Crippen molar-refractivity contribution >= 4 is 48.1 Å². The van der Waals surface area contributed by atoms with Gasteiger partial charge in [-0.3, -0.25) is 0 Å². The topological polar surface area (TPSA) is 0 Å². The predicted molar refractivity (Wildman–Crippen MR) is 133 cm³/mol. The summed E-state index contributed by atoms with van der Waals surface area (Å²) in [6.45, 7) is 14.6. The molecule has 28 heavy (non-hydrogen) atoms. The standard InChI is InChI=1S/C26H30Si2/c1-27(2,3)25-11-7-9-21-17-19(13-15-23(21)25)20-14-16-24-22(18-20)10-8-12-26(24)28(4,5)6/h7-18H,1-6H3. The van der Waals surface area contributed by atoms with E-state index in [1.54, 1.807) is 10.4 Å². The van der Waals surface area contributed by atoms with Crippen LogP contribution in [0.4, 0.5) is 0 Å². The van der Waals surface area contributed by atoms with Crippen LogP contribution in [0.1, 0.15) is 0 Å². The third-order valence-corrected chi connectivity index (χ3v) is 9.81. The van der Waals surface area contributed by atoms with Gasteiger partial charge in [0.25, 0.3) is 0 Å². The van der Waals surface area contributed by atoms with Gasteiger partial charge in [0.15, 0.2) is 0 Å². The van der Waals surface area contributed by atoms with Gasteiger partial charge < -0.3 is 0 Å². The third kappa shape index (κ3) is 3.47. The van der Waals surface area contributed by atoms with Crippen LogP contribution in [0.2, 0.25) is 39.3 Å². The second kappa shape index (κ2) is 6.72. The van der Waals surface area contributed by atoms with Gasteiger partial charge in [0.2, 0.25) is 0 Å². The highest BCUT2D eigenvalue weighted by molar-refractivity contribution is 6.90. The van der Waals surface area contributed by atoms with Crippen molar-refractivity contribution in [3.63, 3.8) is 0 Å². The van der Waals surface area contributed by atoms with Gasteiger partial charge in [0, 0.05) is 0 Å². The summed E-state index contributed by atoms with van der Waals surface area (Å²) in [6, 6.07) is 27.6. The Bertz CT molecular complexity index is 1080. The third-order valence-electron chi connectivity index (χ3n) is 5.71. The van der Waals surface area contributed by atoms with Gasteiger partial charge in [0.05, 0.1) is 16.1 Å². The van der Waals surface area contributed by atoms with E-state index in [2.05, 4.69) is 112 Å². The highest BCUT2D eigenvalue weighted by Gasteiger charge is 2.20. The SMILES string of the molecule is C[Si](C)(C)c1cccc2cc(-c3ccc4c([Si](C)(C)C)cccc4c3)ccc12. The lowest BCUT2D eigenvalue weighted by Crippen LogP contribution is -2.38. The minimum absolute atomic E-state index is 1.31. The Morgan fingerprint density at radius 1 is 0.464 bits per heavy atom. The maximum Gasteiger partial charge on any atom is 0.0784 e. The smallest absolute Gasteiger partial charge is 0.0656 e. The molecule has 142 valence electrons. The summed E-state index contributed by atoms with van der Waals surface area (Å²) < 4.78 is 0. The van der Waals surface area contributed by atoms with Crippen LogP contribution in [0.25, 0.3) is 32.7 Å². The fourth-order valence-corrected chi connectivity index (χ4v) is 7.50. The van der Waals surface area contributed by atoms with Crippen LogP contribution < -0.4 is 10.4 Å². The highest BCUT2D eigenvalue weighted by atomic mass is 28.3.